The highest BCUT2D eigenvalue weighted by Crippen LogP contribution is 2.19. The first-order valence-electron chi connectivity index (χ1n) is 21.9. The third kappa shape index (κ3) is 19.1. The number of thioether (sulfide) groups is 1. The molecule has 1 aliphatic heterocycles. The zero-order chi connectivity index (χ0) is 50.4. The molecule has 1 fully saturated rings. The maximum absolute atomic E-state index is 13.8. The average Bonchev–Trinajstić information content (AvgIpc) is 3.78. The largest absolute Gasteiger partial charge is 0.480 e. The van der Waals surface area contributed by atoms with Crippen LogP contribution in [0.25, 0.3) is 0 Å². The first kappa shape index (κ1) is 57.2. The van der Waals surface area contributed by atoms with Crippen molar-refractivity contribution in [2.45, 2.75) is 133 Å². The van der Waals surface area contributed by atoms with Gasteiger partial charge in [0.1, 0.15) is 48.3 Å². The van der Waals surface area contributed by atoms with Crippen LogP contribution < -0.4 is 54.4 Å². The number of aliphatic hydroxyl groups is 2. The van der Waals surface area contributed by atoms with Gasteiger partial charge in [0.15, 0.2) is 0 Å². The molecule has 24 nitrogen and oxygen atoms in total. The lowest BCUT2D eigenvalue weighted by Crippen LogP contribution is -2.61. The zero-order valence-corrected chi connectivity index (χ0v) is 39.0. The van der Waals surface area contributed by atoms with Gasteiger partial charge in [0.25, 0.3) is 0 Å². The number of hydrogen-bond acceptors (Lipinski definition) is 15. The van der Waals surface area contributed by atoms with Crippen LogP contribution in [0.5, 0.6) is 0 Å². The smallest absolute Gasteiger partial charge is 0.326 e. The minimum Gasteiger partial charge on any atom is -0.480 e. The summed E-state index contributed by atoms with van der Waals surface area (Å²) in [5.41, 5.74) is 17.4. The molecule has 0 radical (unpaired) electrons. The summed E-state index contributed by atoms with van der Waals surface area (Å²) in [4.78, 5) is 132. The number of primary amides is 1. The molecule has 1 aliphatic rings. The minimum absolute atomic E-state index is 0.0616. The Morgan fingerprint density at radius 1 is 0.746 bits per heavy atom. The Balaban J connectivity index is 2.21. The summed E-state index contributed by atoms with van der Waals surface area (Å²) in [6.45, 7) is 3.45. The van der Waals surface area contributed by atoms with Gasteiger partial charge in [-0.1, -0.05) is 36.8 Å². The van der Waals surface area contributed by atoms with Gasteiger partial charge in [-0.2, -0.15) is 11.8 Å². The van der Waals surface area contributed by atoms with Crippen LogP contribution in [-0.2, 0) is 54.4 Å². The van der Waals surface area contributed by atoms with Gasteiger partial charge in [0.05, 0.1) is 25.2 Å². The maximum atomic E-state index is 13.8. The molecule has 0 unspecified atom stereocenters. The average molecular weight is 966 g/mol. The van der Waals surface area contributed by atoms with Crippen LogP contribution in [0.3, 0.4) is 0 Å². The van der Waals surface area contributed by atoms with Gasteiger partial charge < -0.3 is 74.6 Å². The van der Waals surface area contributed by atoms with E-state index >= 15 is 0 Å². The molecule has 0 spiro atoms. The molecule has 0 bridgehead atoms. The van der Waals surface area contributed by atoms with Crippen molar-refractivity contribution < 1.29 is 63.3 Å². The number of amides is 9. The van der Waals surface area contributed by atoms with Crippen molar-refractivity contribution in [2.24, 2.45) is 17.2 Å². The van der Waals surface area contributed by atoms with E-state index in [1.54, 1.807) is 36.6 Å². The molecule has 1 aromatic carbocycles. The van der Waals surface area contributed by atoms with Crippen LogP contribution in [-0.4, -0.2) is 172 Å². The molecule has 1 saturated heterocycles. The quantitative estimate of drug-likeness (QED) is 0.0335. The van der Waals surface area contributed by atoms with E-state index in [0.29, 0.717) is 43.5 Å². The lowest BCUT2D eigenvalue weighted by molar-refractivity contribution is -0.143. The number of carboxylic acids is 1. The molecular formula is C42H67N11O13S. The van der Waals surface area contributed by atoms with E-state index in [0.717, 1.165) is 0 Å². The number of unbranched alkanes of at least 4 members (excludes halogenated alkanes) is 1. The lowest BCUT2D eigenvalue weighted by atomic mass is 10.0. The summed E-state index contributed by atoms with van der Waals surface area (Å²) in [6.07, 6.45) is 1.52. The number of carbonyl (C=O) groups excluding carboxylic acids is 9. The van der Waals surface area contributed by atoms with Crippen molar-refractivity contribution in [3.05, 3.63) is 35.9 Å². The highest BCUT2D eigenvalue weighted by molar-refractivity contribution is 7.98. The van der Waals surface area contributed by atoms with Crippen molar-refractivity contribution in [2.75, 3.05) is 31.7 Å². The lowest BCUT2D eigenvalue weighted by Gasteiger charge is -2.29. The molecule has 374 valence electrons. The van der Waals surface area contributed by atoms with Crippen molar-refractivity contribution in [3.8, 4) is 0 Å². The first-order chi connectivity index (χ1) is 31.6. The fourth-order valence-corrected chi connectivity index (χ4v) is 7.34. The Morgan fingerprint density at radius 2 is 1.34 bits per heavy atom. The Bertz CT molecular complexity index is 1880. The molecule has 16 N–H and O–H groups in total. The summed E-state index contributed by atoms with van der Waals surface area (Å²) in [5.74, 6) is -9.12. The number of aliphatic carboxylic acids is 1. The molecule has 1 aromatic rings. The van der Waals surface area contributed by atoms with E-state index in [1.807, 2.05) is 0 Å². The number of rotatable bonds is 29. The second-order valence-corrected chi connectivity index (χ2v) is 17.2. The van der Waals surface area contributed by atoms with Gasteiger partial charge in [-0.15, -0.1) is 0 Å². The normalized spacial score (nSPS) is 17.4. The van der Waals surface area contributed by atoms with Gasteiger partial charge >= 0.3 is 5.97 Å². The van der Waals surface area contributed by atoms with Crippen LogP contribution in [0.2, 0.25) is 0 Å². The van der Waals surface area contributed by atoms with Gasteiger partial charge in [-0.25, -0.2) is 4.79 Å². The van der Waals surface area contributed by atoms with Gasteiger partial charge in [0.2, 0.25) is 53.2 Å². The Labute approximate surface area is 392 Å². The van der Waals surface area contributed by atoms with E-state index in [4.69, 9.17) is 17.2 Å². The minimum atomic E-state index is -1.77. The number of nitrogens with zero attached hydrogens (tertiary/aromatic N) is 1. The molecule has 9 amide bonds. The molecule has 0 aromatic heterocycles. The zero-order valence-electron chi connectivity index (χ0n) is 38.2. The standard InChI is InChI=1S/C42H67N11O13S/c1-22(34(57)52-33(24(3)55)40(63)48-27(42(65)66)15-18-67-4)46-36(59)28(19-25-11-6-5-7-12-25)49-37(60)29(20-32(45)56)50-38(61)30(21-54)51-39(62)31-14-10-17-53(31)41(64)23(2)47-35(58)26(44)13-8-9-16-43/h5-7,11-12,22-24,26-31,33,54-55H,8-10,13-21,43-44H2,1-4H3,(H2,45,56)(H,46,59)(H,47,58)(H,48,63)(H,49,60)(H,50,61)(H,51,62)(H,52,57)(H,65,66)/t22-,23-,24+,26-,27-,28-,29-,30-,31-,33-/m0/s1. The van der Waals surface area contributed by atoms with E-state index in [2.05, 4.69) is 37.2 Å². The fourth-order valence-electron chi connectivity index (χ4n) is 6.87. The molecular weight excluding hydrogens is 899 g/mol. The Morgan fingerprint density at radius 3 is 1.93 bits per heavy atom. The number of carbonyl (C=O) groups is 10. The van der Waals surface area contributed by atoms with Crippen LogP contribution in [0, 0.1) is 0 Å². The molecule has 10 atom stereocenters. The predicted octanol–water partition coefficient (Wildman–Crippen LogP) is -4.80. The fraction of sp³-hybridized carbons (Fsp3) is 0.619. The monoisotopic (exact) mass is 965 g/mol. The predicted molar refractivity (Wildman–Crippen MR) is 244 cm³/mol. The second-order valence-electron chi connectivity index (χ2n) is 16.2. The van der Waals surface area contributed by atoms with Crippen LogP contribution in [0.4, 0.5) is 0 Å². The number of likely N-dealkylation sites (tertiary alicyclic amines) is 1. The summed E-state index contributed by atoms with van der Waals surface area (Å²) in [6, 6.07) is -4.10. The van der Waals surface area contributed by atoms with Crippen molar-refractivity contribution in [1.82, 2.24) is 42.1 Å². The number of nitrogens with one attached hydrogen (secondary N) is 7. The third-order valence-electron chi connectivity index (χ3n) is 10.7. The summed E-state index contributed by atoms with van der Waals surface area (Å²) in [7, 11) is 0. The van der Waals surface area contributed by atoms with E-state index in [1.165, 1.54) is 37.4 Å². The first-order valence-corrected chi connectivity index (χ1v) is 23.3. The highest BCUT2D eigenvalue weighted by atomic mass is 32.2. The van der Waals surface area contributed by atoms with Crippen LogP contribution in [0.1, 0.15) is 71.3 Å². The third-order valence-corrected chi connectivity index (χ3v) is 11.3. The van der Waals surface area contributed by atoms with Crippen LogP contribution in [0.15, 0.2) is 30.3 Å². The van der Waals surface area contributed by atoms with E-state index in [-0.39, 0.29) is 25.8 Å². The number of hydrogen-bond donors (Lipinski definition) is 13. The summed E-state index contributed by atoms with van der Waals surface area (Å²) < 4.78 is 0. The van der Waals surface area contributed by atoms with Gasteiger partial charge in [-0.05, 0) is 77.0 Å². The highest BCUT2D eigenvalue weighted by Gasteiger charge is 2.39. The Kier molecular flexibility index (Phi) is 24.8. The van der Waals surface area contributed by atoms with E-state index in [9.17, 15) is 63.3 Å². The second kappa shape index (κ2) is 29.0. The molecule has 2 rings (SSSR count). The van der Waals surface area contributed by atoms with Gasteiger partial charge in [0, 0.05) is 13.0 Å². The molecule has 0 saturated carbocycles. The van der Waals surface area contributed by atoms with Crippen molar-refractivity contribution >= 4 is 70.9 Å². The Hall–Kier alpha value is -5.89. The molecule has 1 heterocycles. The maximum Gasteiger partial charge on any atom is 0.326 e. The van der Waals surface area contributed by atoms with Crippen LogP contribution >= 0.6 is 11.8 Å². The van der Waals surface area contributed by atoms with Crippen molar-refractivity contribution in [1.29, 1.82) is 0 Å². The molecule has 0 aliphatic carbocycles. The number of nitrogens with two attached hydrogens (primary N) is 3. The topological polar surface area (TPSA) is 397 Å². The molecule has 67 heavy (non-hydrogen) atoms. The SMILES string of the molecule is CSCC[C@H](NC(=O)[C@@H](NC(=O)[C@H](C)NC(=O)[C@H](Cc1ccccc1)NC(=O)[C@H](CC(N)=O)NC(=O)[C@H](CO)NC(=O)[C@@H]1CCCN1C(=O)[C@H](C)NC(=O)[C@@H](N)CCCCN)[C@@H](C)O)C(=O)O. The number of carboxylic acid groups (broad SMARTS) is 1. The molecule has 25 heteroatoms. The summed E-state index contributed by atoms with van der Waals surface area (Å²) >= 11 is 1.35. The van der Waals surface area contributed by atoms with E-state index < -0.39 is 133 Å². The number of benzene rings is 1. The van der Waals surface area contributed by atoms with Gasteiger partial charge in [-0.3, -0.25) is 43.2 Å². The van der Waals surface area contributed by atoms with Crippen molar-refractivity contribution in [3.63, 3.8) is 0 Å². The summed E-state index contributed by atoms with van der Waals surface area (Å²) in [5, 5.41) is 46.6. The number of aliphatic hydroxyl groups excluding tert-OH is 2.